The highest BCUT2D eigenvalue weighted by Crippen LogP contribution is 2.35. The van der Waals surface area contributed by atoms with E-state index in [1.165, 1.54) is 36.1 Å². The van der Waals surface area contributed by atoms with Gasteiger partial charge in [0.05, 0.1) is 0 Å². The quantitative estimate of drug-likeness (QED) is 0.810. The van der Waals surface area contributed by atoms with E-state index in [1.807, 2.05) is 11.3 Å². The summed E-state index contributed by atoms with van der Waals surface area (Å²) in [6.45, 7) is 3.26. The molecule has 3 rings (SSSR count). The van der Waals surface area contributed by atoms with E-state index in [0.29, 0.717) is 6.04 Å². The summed E-state index contributed by atoms with van der Waals surface area (Å²) in [5, 5.41) is 5.94. The first-order valence-corrected chi connectivity index (χ1v) is 8.60. The third-order valence-electron chi connectivity index (χ3n) is 4.35. The number of rotatable bonds is 4. The summed E-state index contributed by atoms with van der Waals surface area (Å²) in [6, 6.07) is 14.0. The maximum Gasteiger partial charge on any atom is 0.0354 e. The number of thiophene rings is 1. The van der Waals surface area contributed by atoms with Crippen LogP contribution >= 0.6 is 11.3 Å². The third kappa shape index (κ3) is 2.97. The lowest BCUT2D eigenvalue weighted by molar-refractivity contribution is 0.348. The van der Waals surface area contributed by atoms with Gasteiger partial charge in [0.25, 0.3) is 0 Å². The van der Waals surface area contributed by atoms with Crippen molar-refractivity contribution >= 4 is 11.3 Å². The normalized spacial score (nSPS) is 22.2. The number of hydrogen-bond donors (Lipinski definition) is 1. The topological polar surface area (TPSA) is 12.0 Å². The average Bonchev–Trinajstić information content (AvgIpc) is 2.91. The maximum atomic E-state index is 3.75. The van der Waals surface area contributed by atoms with Gasteiger partial charge in [0.2, 0.25) is 0 Å². The molecule has 0 amide bonds. The standard InChI is InChI=1S/C18H23NS/c1-2-19-18-15(13-16-10-6-12-20-16)9-5-8-14-7-3-4-11-17(14)18/h3-4,6-7,10-12,15,18-19H,2,5,8-9,13H2,1H3. The van der Waals surface area contributed by atoms with Crippen LogP contribution in [0, 0.1) is 5.92 Å². The van der Waals surface area contributed by atoms with Crippen molar-refractivity contribution in [1.82, 2.24) is 5.32 Å². The second-order valence-corrected chi connectivity index (χ2v) is 6.70. The van der Waals surface area contributed by atoms with Crippen molar-refractivity contribution in [1.29, 1.82) is 0 Å². The first kappa shape index (κ1) is 13.8. The van der Waals surface area contributed by atoms with E-state index in [4.69, 9.17) is 0 Å². The van der Waals surface area contributed by atoms with Gasteiger partial charge in [-0.15, -0.1) is 11.3 Å². The summed E-state index contributed by atoms with van der Waals surface area (Å²) in [6.07, 6.45) is 5.09. The van der Waals surface area contributed by atoms with Crippen LogP contribution < -0.4 is 5.32 Å². The number of aryl methyl sites for hydroxylation is 1. The zero-order chi connectivity index (χ0) is 13.8. The molecular weight excluding hydrogens is 262 g/mol. The van der Waals surface area contributed by atoms with E-state index in [0.717, 1.165) is 12.5 Å². The summed E-state index contributed by atoms with van der Waals surface area (Å²) in [7, 11) is 0. The van der Waals surface area contributed by atoms with Crippen LogP contribution in [0.3, 0.4) is 0 Å². The largest absolute Gasteiger partial charge is 0.310 e. The highest BCUT2D eigenvalue weighted by atomic mass is 32.1. The molecule has 0 spiro atoms. The van der Waals surface area contributed by atoms with Gasteiger partial charge >= 0.3 is 0 Å². The van der Waals surface area contributed by atoms with Gasteiger partial charge in [0.15, 0.2) is 0 Å². The Kier molecular flexibility index (Phi) is 4.54. The predicted octanol–water partition coefficient (Wildman–Crippen LogP) is 4.59. The average molecular weight is 285 g/mol. The molecule has 0 aliphatic heterocycles. The van der Waals surface area contributed by atoms with Crippen molar-refractivity contribution in [3.8, 4) is 0 Å². The summed E-state index contributed by atoms with van der Waals surface area (Å²) < 4.78 is 0. The smallest absolute Gasteiger partial charge is 0.0354 e. The number of fused-ring (bicyclic) bond motifs is 1. The first-order chi connectivity index (χ1) is 9.88. The van der Waals surface area contributed by atoms with Gasteiger partial charge < -0.3 is 5.32 Å². The van der Waals surface area contributed by atoms with Crippen LogP contribution in [-0.2, 0) is 12.8 Å². The fourth-order valence-electron chi connectivity index (χ4n) is 3.44. The van der Waals surface area contributed by atoms with E-state index in [1.54, 1.807) is 5.56 Å². The van der Waals surface area contributed by atoms with Crippen LogP contribution in [0.25, 0.3) is 0 Å². The van der Waals surface area contributed by atoms with Crippen molar-refractivity contribution < 1.29 is 0 Å². The highest BCUT2D eigenvalue weighted by molar-refractivity contribution is 7.09. The van der Waals surface area contributed by atoms with Gasteiger partial charge in [-0.25, -0.2) is 0 Å². The Morgan fingerprint density at radius 2 is 2.10 bits per heavy atom. The van der Waals surface area contributed by atoms with Crippen LogP contribution in [0.4, 0.5) is 0 Å². The highest BCUT2D eigenvalue weighted by Gasteiger charge is 2.27. The van der Waals surface area contributed by atoms with Gasteiger partial charge in [-0.1, -0.05) is 37.3 Å². The van der Waals surface area contributed by atoms with Gasteiger partial charge in [0.1, 0.15) is 0 Å². The van der Waals surface area contributed by atoms with Crippen LogP contribution in [0.15, 0.2) is 41.8 Å². The Hall–Kier alpha value is -1.12. The summed E-state index contributed by atoms with van der Waals surface area (Å²) >= 11 is 1.90. The van der Waals surface area contributed by atoms with Crippen molar-refractivity contribution in [3.63, 3.8) is 0 Å². The molecule has 2 heteroatoms. The molecule has 1 aromatic carbocycles. The Morgan fingerprint density at radius 3 is 2.90 bits per heavy atom. The van der Waals surface area contributed by atoms with Crippen molar-refractivity contribution in [2.45, 2.75) is 38.6 Å². The molecule has 2 atom stereocenters. The Balaban J connectivity index is 1.89. The molecule has 1 aliphatic rings. The van der Waals surface area contributed by atoms with Gasteiger partial charge in [-0.05, 0) is 60.7 Å². The second kappa shape index (κ2) is 6.55. The SMILES string of the molecule is CCNC1c2ccccc2CCCC1Cc1cccs1. The fourth-order valence-corrected chi connectivity index (χ4v) is 4.24. The van der Waals surface area contributed by atoms with E-state index < -0.39 is 0 Å². The monoisotopic (exact) mass is 285 g/mol. The summed E-state index contributed by atoms with van der Waals surface area (Å²) in [4.78, 5) is 1.53. The molecule has 0 bridgehead atoms. The van der Waals surface area contributed by atoms with Gasteiger partial charge in [-0.3, -0.25) is 0 Å². The lowest BCUT2D eigenvalue weighted by Gasteiger charge is -2.27. The van der Waals surface area contributed by atoms with E-state index in [-0.39, 0.29) is 0 Å². The molecule has 1 heterocycles. The molecular formula is C18H23NS. The molecule has 0 saturated heterocycles. The maximum absolute atomic E-state index is 3.75. The Morgan fingerprint density at radius 1 is 1.20 bits per heavy atom. The van der Waals surface area contributed by atoms with Crippen molar-refractivity contribution in [2.75, 3.05) is 6.54 Å². The zero-order valence-corrected chi connectivity index (χ0v) is 13.0. The fraction of sp³-hybridized carbons (Fsp3) is 0.444. The minimum absolute atomic E-state index is 0.515. The molecule has 106 valence electrons. The van der Waals surface area contributed by atoms with Gasteiger partial charge in [0, 0.05) is 10.9 Å². The van der Waals surface area contributed by atoms with E-state index in [9.17, 15) is 0 Å². The predicted molar refractivity (Wildman–Crippen MR) is 87.3 cm³/mol. The number of nitrogens with one attached hydrogen (secondary N) is 1. The lowest BCUT2D eigenvalue weighted by Crippen LogP contribution is -2.29. The van der Waals surface area contributed by atoms with Crippen LogP contribution in [0.5, 0.6) is 0 Å². The molecule has 1 nitrogen and oxygen atoms in total. The molecule has 2 unspecified atom stereocenters. The minimum atomic E-state index is 0.515. The molecule has 0 fully saturated rings. The minimum Gasteiger partial charge on any atom is -0.310 e. The zero-order valence-electron chi connectivity index (χ0n) is 12.1. The molecule has 1 N–H and O–H groups in total. The molecule has 20 heavy (non-hydrogen) atoms. The second-order valence-electron chi connectivity index (χ2n) is 5.67. The van der Waals surface area contributed by atoms with E-state index in [2.05, 4.69) is 54.0 Å². The number of benzene rings is 1. The molecule has 1 aromatic heterocycles. The summed E-state index contributed by atoms with van der Waals surface area (Å²) in [5.74, 6) is 0.720. The van der Waals surface area contributed by atoms with Crippen LogP contribution in [0.1, 0.15) is 41.8 Å². The summed E-state index contributed by atoms with van der Waals surface area (Å²) in [5.41, 5.74) is 3.08. The van der Waals surface area contributed by atoms with Gasteiger partial charge in [-0.2, -0.15) is 0 Å². The first-order valence-electron chi connectivity index (χ1n) is 7.72. The Labute approximate surface area is 126 Å². The lowest BCUT2D eigenvalue weighted by atomic mass is 9.87. The number of hydrogen-bond acceptors (Lipinski definition) is 2. The van der Waals surface area contributed by atoms with Crippen LogP contribution in [-0.4, -0.2) is 6.54 Å². The van der Waals surface area contributed by atoms with E-state index >= 15 is 0 Å². The molecule has 2 aromatic rings. The molecule has 1 aliphatic carbocycles. The third-order valence-corrected chi connectivity index (χ3v) is 5.25. The molecule has 0 radical (unpaired) electrons. The van der Waals surface area contributed by atoms with Crippen molar-refractivity contribution in [2.24, 2.45) is 5.92 Å². The van der Waals surface area contributed by atoms with Crippen molar-refractivity contribution in [3.05, 3.63) is 57.8 Å². The molecule has 0 saturated carbocycles. The Bertz CT molecular complexity index is 532. The van der Waals surface area contributed by atoms with Crippen LogP contribution in [0.2, 0.25) is 0 Å².